The van der Waals surface area contributed by atoms with Gasteiger partial charge in [0.15, 0.2) is 5.65 Å². The SMILES string of the molecule is COc1cccc(CN2CCC(NC(=O)c3cc(C4CC4)nc4c3c(C)nn4C)CC2)c1. The highest BCUT2D eigenvalue weighted by Crippen LogP contribution is 2.40. The Hall–Kier alpha value is -2.93. The molecule has 1 amide bonds. The van der Waals surface area contributed by atoms with E-state index < -0.39 is 0 Å². The van der Waals surface area contributed by atoms with Crippen LogP contribution < -0.4 is 10.1 Å². The van der Waals surface area contributed by atoms with E-state index in [2.05, 4.69) is 27.4 Å². The van der Waals surface area contributed by atoms with Gasteiger partial charge >= 0.3 is 0 Å². The highest BCUT2D eigenvalue weighted by molar-refractivity contribution is 6.06. The van der Waals surface area contributed by atoms with E-state index in [1.165, 1.54) is 5.56 Å². The fourth-order valence-corrected chi connectivity index (χ4v) is 4.76. The molecule has 2 aliphatic rings. The van der Waals surface area contributed by atoms with Crippen LogP contribution in [-0.2, 0) is 13.6 Å². The van der Waals surface area contributed by atoms with Crippen LogP contribution in [0.15, 0.2) is 30.3 Å². The summed E-state index contributed by atoms with van der Waals surface area (Å²) in [5, 5.41) is 8.70. The van der Waals surface area contributed by atoms with Gasteiger partial charge in [-0.1, -0.05) is 12.1 Å². The smallest absolute Gasteiger partial charge is 0.252 e. The van der Waals surface area contributed by atoms with Gasteiger partial charge in [0.25, 0.3) is 5.91 Å². The Bertz CT molecular complexity index is 1140. The minimum Gasteiger partial charge on any atom is -0.497 e. The largest absolute Gasteiger partial charge is 0.497 e. The van der Waals surface area contributed by atoms with Crippen molar-refractivity contribution in [2.75, 3.05) is 20.2 Å². The van der Waals surface area contributed by atoms with Gasteiger partial charge in [-0.2, -0.15) is 5.10 Å². The van der Waals surface area contributed by atoms with E-state index in [1.54, 1.807) is 11.8 Å². The van der Waals surface area contributed by atoms with Crippen molar-refractivity contribution in [3.8, 4) is 5.75 Å². The number of likely N-dealkylation sites (tertiary alicyclic amines) is 1. The summed E-state index contributed by atoms with van der Waals surface area (Å²) < 4.78 is 7.13. The molecule has 1 aromatic carbocycles. The molecule has 0 bridgehead atoms. The molecule has 7 nitrogen and oxygen atoms in total. The molecule has 0 atom stereocenters. The molecule has 32 heavy (non-hydrogen) atoms. The van der Waals surface area contributed by atoms with Gasteiger partial charge in [-0.3, -0.25) is 14.4 Å². The van der Waals surface area contributed by atoms with Crippen LogP contribution in [0.3, 0.4) is 0 Å². The van der Waals surface area contributed by atoms with Crippen molar-refractivity contribution in [1.29, 1.82) is 0 Å². The van der Waals surface area contributed by atoms with Crippen LogP contribution >= 0.6 is 0 Å². The lowest BCUT2D eigenvalue weighted by molar-refractivity contribution is 0.0910. The number of methoxy groups -OCH3 is 1. The summed E-state index contributed by atoms with van der Waals surface area (Å²) in [5.74, 6) is 1.38. The predicted molar refractivity (Wildman–Crippen MR) is 124 cm³/mol. The van der Waals surface area contributed by atoms with Gasteiger partial charge in [-0.05, 0) is 56.4 Å². The first kappa shape index (κ1) is 20.9. The number of fused-ring (bicyclic) bond motifs is 1. The molecule has 1 aliphatic heterocycles. The second-order valence-corrected chi connectivity index (χ2v) is 9.15. The predicted octanol–water partition coefficient (Wildman–Crippen LogP) is 3.56. The average molecular weight is 434 g/mol. The number of nitrogens with one attached hydrogen (secondary N) is 1. The first-order valence-electron chi connectivity index (χ1n) is 11.5. The number of pyridine rings is 1. The van der Waals surface area contributed by atoms with Crippen LogP contribution in [0, 0.1) is 6.92 Å². The van der Waals surface area contributed by atoms with Crippen molar-refractivity contribution >= 4 is 16.9 Å². The van der Waals surface area contributed by atoms with Gasteiger partial charge < -0.3 is 10.1 Å². The highest BCUT2D eigenvalue weighted by Gasteiger charge is 2.29. The van der Waals surface area contributed by atoms with E-state index in [1.807, 2.05) is 32.2 Å². The summed E-state index contributed by atoms with van der Waals surface area (Å²) in [6.07, 6.45) is 4.21. The summed E-state index contributed by atoms with van der Waals surface area (Å²) >= 11 is 0. The second-order valence-electron chi connectivity index (χ2n) is 9.15. The molecule has 2 aromatic heterocycles. The number of carbonyl (C=O) groups excluding carboxylic acids is 1. The quantitative estimate of drug-likeness (QED) is 0.644. The zero-order valence-corrected chi connectivity index (χ0v) is 19.1. The molecule has 1 aliphatic carbocycles. The molecular weight excluding hydrogens is 402 g/mol. The number of aromatic nitrogens is 3. The van der Waals surface area contributed by atoms with E-state index in [-0.39, 0.29) is 11.9 Å². The Labute approximate surface area is 188 Å². The molecule has 1 saturated carbocycles. The van der Waals surface area contributed by atoms with E-state index in [0.717, 1.165) is 79.1 Å². The number of aryl methyl sites for hydroxylation is 2. The van der Waals surface area contributed by atoms with E-state index in [9.17, 15) is 4.79 Å². The van der Waals surface area contributed by atoms with Crippen molar-refractivity contribution in [3.05, 3.63) is 52.8 Å². The van der Waals surface area contributed by atoms with Gasteiger partial charge in [0.05, 0.1) is 23.8 Å². The maximum Gasteiger partial charge on any atom is 0.252 e. The molecule has 0 unspecified atom stereocenters. The van der Waals surface area contributed by atoms with E-state index in [0.29, 0.717) is 5.92 Å². The molecule has 5 rings (SSSR count). The van der Waals surface area contributed by atoms with Crippen LogP contribution in [0.4, 0.5) is 0 Å². The number of amides is 1. The van der Waals surface area contributed by atoms with Crippen molar-refractivity contribution in [2.24, 2.45) is 7.05 Å². The first-order valence-corrected chi connectivity index (χ1v) is 11.5. The molecule has 0 radical (unpaired) electrons. The number of hydrogen-bond donors (Lipinski definition) is 1. The third-order valence-corrected chi connectivity index (χ3v) is 6.69. The van der Waals surface area contributed by atoms with Gasteiger partial charge in [0, 0.05) is 44.3 Å². The zero-order chi connectivity index (χ0) is 22.2. The summed E-state index contributed by atoms with van der Waals surface area (Å²) in [7, 11) is 3.60. The van der Waals surface area contributed by atoms with E-state index in [4.69, 9.17) is 9.72 Å². The lowest BCUT2D eigenvalue weighted by atomic mass is 10.0. The van der Waals surface area contributed by atoms with Crippen LogP contribution in [-0.4, -0.2) is 51.8 Å². The van der Waals surface area contributed by atoms with Crippen LogP contribution in [0.1, 0.15) is 58.9 Å². The van der Waals surface area contributed by atoms with Crippen LogP contribution in [0.5, 0.6) is 5.75 Å². The maximum atomic E-state index is 13.3. The summed E-state index contributed by atoms with van der Waals surface area (Å²) in [5.41, 5.74) is 4.67. The lowest BCUT2D eigenvalue weighted by Crippen LogP contribution is -2.44. The Kier molecular flexibility index (Phi) is 5.59. The van der Waals surface area contributed by atoms with Gasteiger partial charge in [0.1, 0.15) is 5.75 Å². The van der Waals surface area contributed by atoms with Gasteiger partial charge in [0.2, 0.25) is 0 Å². The summed E-state index contributed by atoms with van der Waals surface area (Å²) in [6.45, 7) is 4.79. The lowest BCUT2D eigenvalue weighted by Gasteiger charge is -2.32. The highest BCUT2D eigenvalue weighted by atomic mass is 16.5. The number of benzene rings is 1. The molecule has 3 heterocycles. The number of nitrogens with zero attached hydrogens (tertiary/aromatic N) is 4. The maximum absolute atomic E-state index is 13.3. The normalized spacial score (nSPS) is 17.6. The molecule has 1 N–H and O–H groups in total. The van der Waals surface area contributed by atoms with Gasteiger partial charge in [-0.15, -0.1) is 0 Å². The Balaban J connectivity index is 1.26. The molecule has 3 aromatic rings. The van der Waals surface area contributed by atoms with Crippen molar-refractivity contribution < 1.29 is 9.53 Å². The third kappa shape index (κ3) is 4.21. The van der Waals surface area contributed by atoms with Crippen molar-refractivity contribution in [2.45, 2.75) is 51.1 Å². The molecular formula is C25H31N5O2. The average Bonchev–Trinajstić information content (AvgIpc) is 3.61. The molecule has 168 valence electrons. The number of rotatable bonds is 6. The first-order chi connectivity index (χ1) is 15.5. The van der Waals surface area contributed by atoms with Crippen LogP contribution in [0.2, 0.25) is 0 Å². The van der Waals surface area contributed by atoms with Crippen molar-refractivity contribution in [3.63, 3.8) is 0 Å². The van der Waals surface area contributed by atoms with E-state index >= 15 is 0 Å². The second kappa shape index (κ2) is 8.54. The zero-order valence-electron chi connectivity index (χ0n) is 19.1. The monoisotopic (exact) mass is 433 g/mol. The Morgan fingerprint density at radius 3 is 2.69 bits per heavy atom. The summed E-state index contributed by atoms with van der Waals surface area (Å²) in [6, 6.07) is 10.4. The minimum absolute atomic E-state index is 0.00152. The molecule has 7 heteroatoms. The Morgan fingerprint density at radius 2 is 1.97 bits per heavy atom. The number of hydrogen-bond acceptors (Lipinski definition) is 5. The van der Waals surface area contributed by atoms with Crippen LogP contribution in [0.25, 0.3) is 11.0 Å². The third-order valence-electron chi connectivity index (χ3n) is 6.69. The summed E-state index contributed by atoms with van der Waals surface area (Å²) in [4.78, 5) is 20.6. The molecule has 1 saturated heterocycles. The number of carbonyl (C=O) groups is 1. The molecule has 0 spiro atoms. The fraction of sp³-hybridized carbons (Fsp3) is 0.480. The minimum atomic E-state index is 0.00152. The van der Waals surface area contributed by atoms with Crippen molar-refractivity contribution in [1.82, 2.24) is 25.0 Å². The standard InChI is InChI=1S/C25H31N5O2/c1-16-23-21(14-22(18-7-8-18)27-24(23)29(2)28-16)25(31)26-19-9-11-30(12-10-19)15-17-5-4-6-20(13-17)32-3/h4-6,13-14,18-19H,7-12,15H2,1-3H3,(H,26,31). The fourth-order valence-electron chi connectivity index (χ4n) is 4.76. The topological polar surface area (TPSA) is 72.3 Å². The Morgan fingerprint density at radius 1 is 1.19 bits per heavy atom. The number of piperidine rings is 1. The number of ether oxygens (including phenoxy) is 1. The van der Waals surface area contributed by atoms with Gasteiger partial charge in [-0.25, -0.2) is 4.98 Å². The molecule has 2 fully saturated rings.